The zero-order valence-electron chi connectivity index (χ0n) is 9.79. The summed E-state index contributed by atoms with van der Waals surface area (Å²) in [5, 5.41) is 20.5. The molecule has 0 saturated carbocycles. The lowest BCUT2D eigenvalue weighted by atomic mass is 10.2. The number of hydrogen-bond acceptors (Lipinski definition) is 5. The van der Waals surface area contributed by atoms with Crippen LogP contribution in [0.4, 0.5) is 0 Å². The summed E-state index contributed by atoms with van der Waals surface area (Å²) < 4.78 is 0. The fraction of sp³-hybridized carbons (Fsp3) is 0.364. The highest BCUT2D eigenvalue weighted by Gasteiger charge is 2.20. The highest BCUT2D eigenvalue weighted by Crippen LogP contribution is 2.09. The van der Waals surface area contributed by atoms with Gasteiger partial charge in [0.2, 0.25) is 0 Å². The second kappa shape index (κ2) is 6.85. The van der Waals surface area contributed by atoms with E-state index in [1.165, 1.54) is 30.2 Å². The van der Waals surface area contributed by atoms with Gasteiger partial charge in [0, 0.05) is 6.20 Å². The van der Waals surface area contributed by atoms with Crippen LogP contribution in [0.3, 0.4) is 0 Å². The number of hydrogen-bond donors (Lipinski definition) is 3. The molecule has 1 atom stereocenters. The van der Waals surface area contributed by atoms with Gasteiger partial charge in [-0.3, -0.25) is 9.78 Å². The molecular weight excluding hydrogens is 256 g/mol. The van der Waals surface area contributed by atoms with Crippen molar-refractivity contribution in [3.8, 4) is 5.75 Å². The third kappa shape index (κ3) is 4.25. The van der Waals surface area contributed by atoms with E-state index >= 15 is 0 Å². The van der Waals surface area contributed by atoms with Crippen molar-refractivity contribution in [2.45, 2.75) is 12.5 Å². The molecule has 0 aliphatic heterocycles. The number of carboxylic acids is 1. The van der Waals surface area contributed by atoms with Gasteiger partial charge in [0.25, 0.3) is 5.91 Å². The minimum absolute atomic E-state index is 0.130. The molecular formula is C11H14N2O4S. The number of pyridine rings is 1. The largest absolute Gasteiger partial charge is 0.506 e. The van der Waals surface area contributed by atoms with Gasteiger partial charge in [0.05, 0.1) is 11.8 Å². The van der Waals surface area contributed by atoms with Gasteiger partial charge in [-0.2, -0.15) is 11.8 Å². The molecule has 0 aromatic carbocycles. The second-order valence-corrected chi connectivity index (χ2v) is 4.56. The average molecular weight is 270 g/mol. The van der Waals surface area contributed by atoms with Crippen LogP contribution in [0.2, 0.25) is 0 Å². The number of carbonyl (C=O) groups is 2. The molecule has 1 heterocycles. The minimum atomic E-state index is -1.08. The van der Waals surface area contributed by atoms with Crippen molar-refractivity contribution in [3.05, 3.63) is 24.0 Å². The van der Waals surface area contributed by atoms with Gasteiger partial charge in [0.1, 0.15) is 11.8 Å². The summed E-state index contributed by atoms with van der Waals surface area (Å²) in [5.41, 5.74) is 0.130. The normalized spacial score (nSPS) is 11.8. The lowest BCUT2D eigenvalue weighted by molar-refractivity contribution is -0.139. The molecule has 0 aliphatic rings. The molecule has 1 aromatic heterocycles. The Bertz CT molecular complexity index is 439. The first kappa shape index (κ1) is 14.3. The Morgan fingerprint density at radius 2 is 2.22 bits per heavy atom. The quantitative estimate of drug-likeness (QED) is 0.704. The molecule has 7 heteroatoms. The van der Waals surface area contributed by atoms with E-state index in [1.54, 1.807) is 0 Å². The van der Waals surface area contributed by atoms with Crippen LogP contribution in [0.25, 0.3) is 0 Å². The summed E-state index contributed by atoms with van der Waals surface area (Å²) >= 11 is 1.51. The maximum absolute atomic E-state index is 11.7. The van der Waals surface area contributed by atoms with Crippen molar-refractivity contribution in [3.63, 3.8) is 0 Å². The van der Waals surface area contributed by atoms with Crippen LogP contribution >= 0.6 is 11.8 Å². The Labute approximate surface area is 108 Å². The predicted octanol–water partition coefficient (Wildman–Crippen LogP) is 0.723. The van der Waals surface area contributed by atoms with Crippen molar-refractivity contribution in [1.29, 1.82) is 0 Å². The van der Waals surface area contributed by atoms with Crippen LogP contribution in [-0.2, 0) is 4.79 Å². The third-order valence-corrected chi connectivity index (χ3v) is 2.84. The van der Waals surface area contributed by atoms with Gasteiger partial charge in [-0.1, -0.05) is 0 Å². The number of aromatic nitrogens is 1. The zero-order chi connectivity index (χ0) is 13.5. The van der Waals surface area contributed by atoms with Crippen LogP contribution < -0.4 is 5.32 Å². The van der Waals surface area contributed by atoms with E-state index in [1.807, 2.05) is 6.26 Å². The molecule has 6 nitrogen and oxygen atoms in total. The van der Waals surface area contributed by atoms with E-state index in [9.17, 15) is 14.7 Å². The number of amides is 1. The number of nitrogens with one attached hydrogen (secondary N) is 1. The summed E-state index contributed by atoms with van der Waals surface area (Å²) in [6.07, 6.45) is 4.66. The number of rotatable bonds is 6. The van der Waals surface area contributed by atoms with Gasteiger partial charge in [0.15, 0.2) is 0 Å². The van der Waals surface area contributed by atoms with Crippen molar-refractivity contribution >= 4 is 23.6 Å². The van der Waals surface area contributed by atoms with Gasteiger partial charge in [-0.15, -0.1) is 0 Å². The average Bonchev–Trinajstić information content (AvgIpc) is 2.33. The van der Waals surface area contributed by atoms with Gasteiger partial charge >= 0.3 is 5.97 Å². The summed E-state index contributed by atoms with van der Waals surface area (Å²) in [7, 11) is 0. The number of aliphatic carboxylic acids is 1. The minimum Gasteiger partial charge on any atom is -0.506 e. The standard InChI is InChI=1S/C11H14N2O4S/c1-18-3-2-9(11(16)17)13-10(15)7-4-8(14)6-12-5-7/h4-6,9,14H,2-3H2,1H3,(H,13,15)(H,16,17)/t9-/m0/s1. The topological polar surface area (TPSA) is 99.5 Å². The first-order chi connectivity index (χ1) is 8.54. The fourth-order valence-corrected chi connectivity index (χ4v) is 1.76. The zero-order valence-corrected chi connectivity index (χ0v) is 10.6. The van der Waals surface area contributed by atoms with E-state index in [0.29, 0.717) is 12.2 Å². The first-order valence-corrected chi connectivity index (χ1v) is 6.60. The summed E-state index contributed by atoms with van der Waals surface area (Å²) in [6.45, 7) is 0. The van der Waals surface area contributed by atoms with Crippen LogP contribution in [0, 0.1) is 0 Å². The molecule has 1 amide bonds. The van der Waals surface area contributed by atoms with Crippen LogP contribution in [0.5, 0.6) is 5.75 Å². The van der Waals surface area contributed by atoms with E-state index in [-0.39, 0.29) is 11.3 Å². The summed E-state index contributed by atoms with van der Waals surface area (Å²) in [4.78, 5) is 26.3. The van der Waals surface area contributed by atoms with Crippen molar-refractivity contribution in [2.24, 2.45) is 0 Å². The van der Waals surface area contributed by atoms with Crippen LogP contribution in [0.1, 0.15) is 16.8 Å². The third-order valence-electron chi connectivity index (χ3n) is 2.20. The van der Waals surface area contributed by atoms with Crippen molar-refractivity contribution in [1.82, 2.24) is 10.3 Å². The highest BCUT2D eigenvalue weighted by molar-refractivity contribution is 7.98. The van der Waals surface area contributed by atoms with E-state index < -0.39 is 17.9 Å². The summed E-state index contributed by atoms with van der Waals surface area (Å²) in [5.74, 6) is -1.15. The molecule has 1 aromatic rings. The number of nitrogens with zero attached hydrogens (tertiary/aromatic N) is 1. The molecule has 0 spiro atoms. The fourth-order valence-electron chi connectivity index (χ4n) is 1.29. The SMILES string of the molecule is CSCC[C@H](NC(=O)c1cncc(O)c1)C(=O)O. The number of aromatic hydroxyl groups is 1. The Balaban J connectivity index is 2.69. The van der Waals surface area contributed by atoms with Gasteiger partial charge in [-0.05, 0) is 24.5 Å². The molecule has 0 aliphatic carbocycles. The van der Waals surface area contributed by atoms with Crippen LogP contribution in [0.15, 0.2) is 18.5 Å². The maximum Gasteiger partial charge on any atom is 0.326 e. The molecule has 0 saturated heterocycles. The molecule has 18 heavy (non-hydrogen) atoms. The molecule has 3 N–H and O–H groups in total. The summed E-state index contributed by atoms with van der Waals surface area (Å²) in [6, 6.07) is 0.294. The lowest BCUT2D eigenvalue weighted by Gasteiger charge is -2.13. The molecule has 98 valence electrons. The number of thioether (sulfide) groups is 1. The van der Waals surface area contributed by atoms with Crippen molar-refractivity contribution < 1.29 is 19.8 Å². The monoisotopic (exact) mass is 270 g/mol. The predicted molar refractivity (Wildman–Crippen MR) is 67.8 cm³/mol. The highest BCUT2D eigenvalue weighted by atomic mass is 32.2. The molecule has 0 unspecified atom stereocenters. The molecule has 1 rings (SSSR count). The Morgan fingerprint density at radius 1 is 1.50 bits per heavy atom. The Kier molecular flexibility index (Phi) is 5.44. The molecule has 0 fully saturated rings. The second-order valence-electron chi connectivity index (χ2n) is 3.58. The number of carbonyl (C=O) groups excluding carboxylic acids is 1. The van der Waals surface area contributed by atoms with Crippen LogP contribution in [-0.4, -0.2) is 45.1 Å². The Hall–Kier alpha value is -1.76. The first-order valence-electron chi connectivity index (χ1n) is 5.21. The van der Waals surface area contributed by atoms with Gasteiger partial charge in [-0.25, -0.2) is 4.79 Å². The Morgan fingerprint density at radius 3 is 2.78 bits per heavy atom. The van der Waals surface area contributed by atoms with E-state index in [0.717, 1.165) is 0 Å². The molecule has 0 radical (unpaired) electrons. The van der Waals surface area contributed by atoms with Gasteiger partial charge < -0.3 is 15.5 Å². The van der Waals surface area contributed by atoms with E-state index in [2.05, 4.69) is 10.3 Å². The molecule has 0 bridgehead atoms. The number of carboxylic acid groups (broad SMARTS) is 1. The van der Waals surface area contributed by atoms with Crippen molar-refractivity contribution in [2.75, 3.05) is 12.0 Å². The lowest BCUT2D eigenvalue weighted by Crippen LogP contribution is -2.41. The van der Waals surface area contributed by atoms with E-state index in [4.69, 9.17) is 5.11 Å². The maximum atomic E-state index is 11.7. The smallest absolute Gasteiger partial charge is 0.326 e.